The number of hydrogen-bond acceptors (Lipinski definition) is 3. The first-order valence-corrected chi connectivity index (χ1v) is 10.5. The smallest absolute Gasteiger partial charge is 0.236 e. The Morgan fingerprint density at radius 1 is 1.28 bits per heavy atom. The summed E-state index contributed by atoms with van der Waals surface area (Å²) in [6.45, 7) is 4.88. The highest BCUT2D eigenvalue weighted by molar-refractivity contribution is 7.92. The minimum Gasteiger partial charge on any atom is -0.356 e. The first-order chi connectivity index (χ1) is 11.9. The van der Waals surface area contributed by atoms with Crippen molar-refractivity contribution in [2.45, 2.75) is 45.6 Å². The van der Waals surface area contributed by atoms with E-state index in [-0.39, 0.29) is 24.4 Å². The second-order valence-electron chi connectivity index (χ2n) is 6.60. The summed E-state index contributed by atoms with van der Waals surface area (Å²) in [5.41, 5.74) is 0.838. The van der Waals surface area contributed by atoms with Gasteiger partial charge in [0.15, 0.2) is 0 Å². The van der Waals surface area contributed by atoms with Gasteiger partial charge in [0, 0.05) is 24.5 Å². The monoisotopic (exact) mass is 364 g/mol. The maximum Gasteiger partial charge on any atom is 0.236 e. The summed E-state index contributed by atoms with van der Waals surface area (Å²) < 4.78 is 26.9. The van der Waals surface area contributed by atoms with Crippen LogP contribution in [0.25, 0.3) is 6.08 Å². The zero-order valence-electron chi connectivity index (χ0n) is 15.0. The van der Waals surface area contributed by atoms with Gasteiger partial charge in [0.05, 0.1) is 5.92 Å². The van der Waals surface area contributed by atoms with Gasteiger partial charge in [-0.1, -0.05) is 43.7 Å². The lowest BCUT2D eigenvalue weighted by Crippen LogP contribution is -2.48. The largest absolute Gasteiger partial charge is 0.356 e. The Hall–Kier alpha value is -1.66. The molecule has 1 saturated heterocycles. The molecule has 1 aliphatic rings. The number of amides is 1. The molecule has 1 aromatic carbocycles. The average Bonchev–Trinajstić information content (AvgIpc) is 2.61. The molecule has 0 bridgehead atoms. The van der Waals surface area contributed by atoms with Gasteiger partial charge in [-0.25, -0.2) is 8.42 Å². The van der Waals surface area contributed by atoms with E-state index in [1.165, 1.54) is 9.71 Å². The van der Waals surface area contributed by atoms with Crippen molar-refractivity contribution < 1.29 is 13.2 Å². The SMILES string of the molecule is CCCCNC(=O)C1CCC(C)N(S(=O)(=O)/C=C/c2ccccc2)C1. The molecule has 1 aromatic rings. The van der Waals surface area contributed by atoms with E-state index >= 15 is 0 Å². The van der Waals surface area contributed by atoms with Crippen LogP contribution in [-0.2, 0) is 14.8 Å². The van der Waals surface area contributed by atoms with Crippen LogP contribution < -0.4 is 5.32 Å². The maximum absolute atomic E-state index is 12.7. The number of sulfonamides is 1. The summed E-state index contributed by atoms with van der Waals surface area (Å²) in [7, 11) is -3.55. The number of rotatable bonds is 7. The molecule has 5 nitrogen and oxygen atoms in total. The Morgan fingerprint density at radius 2 is 2.00 bits per heavy atom. The van der Waals surface area contributed by atoms with Crippen molar-refractivity contribution in [2.75, 3.05) is 13.1 Å². The molecular weight excluding hydrogens is 336 g/mol. The Labute approximate surface area is 151 Å². The second kappa shape index (κ2) is 9.15. The zero-order chi connectivity index (χ0) is 18.3. The van der Waals surface area contributed by atoms with Crippen LogP contribution in [-0.4, -0.2) is 37.8 Å². The highest BCUT2D eigenvalue weighted by atomic mass is 32.2. The van der Waals surface area contributed by atoms with Gasteiger partial charge >= 0.3 is 0 Å². The first kappa shape index (κ1) is 19.7. The van der Waals surface area contributed by atoms with Crippen LogP contribution in [0.2, 0.25) is 0 Å². The van der Waals surface area contributed by atoms with E-state index in [9.17, 15) is 13.2 Å². The van der Waals surface area contributed by atoms with E-state index < -0.39 is 10.0 Å². The van der Waals surface area contributed by atoms with Crippen LogP contribution in [0.5, 0.6) is 0 Å². The molecule has 0 saturated carbocycles. The second-order valence-corrected chi connectivity index (χ2v) is 8.37. The molecule has 138 valence electrons. The summed E-state index contributed by atoms with van der Waals surface area (Å²) in [6.07, 6.45) is 4.99. The third-order valence-corrected chi connectivity index (χ3v) is 6.23. The Kier molecular flexibility index (Phi) is 7.20. The number of benzene rings is 1. The average molecular weight is 365 g/mol. The van der Waals surface area contributed by atoms with Crippen LogP contribution in [0.1, 0.15) is 45.1 Å². The molecule has 6 heteroatoms. The molecule has 2 unspecified atom stereocenters. The molecule has 2 rings (SSSR count). The first-order valence-electron chi connectivity index (χ1n) is 8.96. The molecule has 0 spiro atoms. The lowest BCUT2D eigenvalue weighted by atomic mass is 9.94. The van der Waals surface area contributed by atoms with Crippen molar-refractivity contribution in [3.05, 3.63) is 41.3 Å². The lowest BCUT2D eigenvalue weighted by molar-refractivity contribution is -0.126. The minimum atomic E-state index is -3.55. The fourth-order valence-electron chi connectivity index (χ4n) is 2.98. The van der Waals surface area contributed by atoms with Crippen molar-refractivity contribution >= 4 is 22.0 Å². The number of nitrogens with one attached hydrogen (secondary N) is 1. The van der Waals surface area contributed by atoms with Crippen molar-refractivity contribution in [2.24, 2.45) is 5.92 Å². The van der Waals surface area contributed by atoms with E-state index in [2.05, 4.69) is 12.2 Å². The predicted octanol–water partition coefficient (Wildman–Crippen LogP) is 3.00. The third kappa shape index (κ3) is 5.68. The zero-order valence-corrected chi connectivity index (χ0v) is 15.8. The summed E-state index contributed by atoms with van der Waals surface area (Å²) >= 11 is 0. The van der Waals surface area contributed by atoms with E-state index in [0.717, 1.165) is 24.8 Å². The third-order valence-electron chi connectivity index (χ3n) is 4.58. The fourth-order valence-corrected chi connectivity index (χ4v) is 4.46. The van der Waals surface area contributed by atoms with Gasteiger partial charge in [0.25, 0.3) is 0 Å². The molecular formula is C19H28N2O3S. The highest BCUT2D eigenvalue weighted by Crippen LogP contribution is 2.25. The predicted molar refractivity (Wildman–Crippen MR) is 101 cm³/mol. The molecule has 1 aliphatic heterocycles. The molecule has 0 aromatic heterocycles. The van der Waals surface area contributed by atoms with E-state index in [0.29, 0.717) is 13.0 Å². The fraction of sp³-hybridized carbons (Fsp3) is 0.526. The van der Waals surface area contributed by atoms with Gasteiger partial charge in [0.2, 0.25) is 15.9 Å². The van der Waals surface area contributed by atoms with Crippen LogP contribution >= 0.6 is 0 Å². The van der Waals surface area contributed by atoms with Crippen molar-refractivity contribution in [1.82, 2.24) is 9.62 Å². The van der Waals surface area contributed by atoms with Crippen molar-refractivity contribution in [1.29, 1.82) is 0 Å². The van der Waals surface area contributed by atoms with Gasteiger partial charge in [-0.15, -0.1) is 0 Å². The number of piperidine rings is 1. The highest BCUT2D eigenvalue weighted by Gasteiger charge is 2.35. The maximum atomic E-state index is 12.7. The lowest BCUT2D eigenvalue weighted by Gasteiger charge is -2.35. The normalized spacial score (nSPS) is 22.2. The number of nitrogens with zero attached hydrogens (tertiary/aromatic N) is 1. The molecule has 1 heterocycles. The summed E-state index contributed by atoms with van der Waals surface area (Å²) in [5.74, 6) is -0.305. The van der Waals surface area contributed by atoms with E-state index in [1.54, 1.807) is 6.08 Å². The van der Waals surface area contributed by atoms with Gasteiger partial charge in [0.1, 0.15) is 0 Å². The summed E-state index contributed by atoms with van der Waals surface area (Å²) in [4.78, 5) is 12.3. The standard InChI is InChI=1S/C19H28N2O3S/c1-3-4-13-20-19(22)18-11-10-16(2)21(15-18)25(23,24)14-12-17-8-6-5-7-9-17/h5-9,12,14,16,18H,3-4,10-11,13,15H2,1-2H3,(H,20,22)/b14-12+. The summed E-state index contributed by atoms with van der Waals surface area (Å²) in [5, 5.41) is 4.17. The Morgan fingerprint density at radius 3 is 2.68 bits per heavy atom. The Balaban J connectivity index is 2.05. The van der Waals surface area contributed by atoms with E-state index in [1.807, 2.05) is 37.3 Å². The van der Waals surface area contributed by atoms with Crippen LogP contribution in [0, 0.1) is 5.92 Å². The van der Waals surface area contributed by atoms with Crippen molar-refractivity contribution in [3.8, 4) is 0 Å². The quantitative estimate of drug-likeness (QED) is 0.756. The summed E-state index contributed by atoms with van der Waals surface area (Å²) in [6, 6.07) is 9.25. The molecule has 1 N–H and O–H groups in total. The van der Waals surface area contributed by atoms with Crippen LogP contribution in [0.15, 0.2) is 35.7 Å². The molecule has 0 radical (unpaired) electrons. The van der Waals surface area contributed by atoms with Crippen LogP contribution in [0.3, 0.4) is 0 Å². The van der Waals surface area contributed by atoms with Gasteiger partial charge in [-0.05, 0) is 37.8 Å². The minimum absolute atomic E-state index is 0.0346. The van der Waals surface area contributed by atoms with Crippen LogP contribution in [0.4, 0.5) is 0 Å². The Bertz CT molecular complexity index is 686. The number of hydrogen-bond donors (Lipinski definition) is 1. The van der Waals surface area contributed by atoms with E-state index in [4.69, 9.17) is 0 Å². The van der Waals surface area contributed by atoms with Crippen molar-refractivity contribution in [3.63, 3.8) is 0 Å². The molecule has 2 atom stereocenters. The van der Waals surface area contributed by atoms with Gasteiger partial charge in [-0.2, -0.15) is 4.31 Å². The molecule has 1 fully saturated rings. The molecule has 0 aliphatic carbocycles. The molecule has 25 heavy (non-hydrogen) atoms. The molecule has 1 amide bonds. The van der Waals surface area contributed by atoms with Gasteiger partial charge in [-0.3, -0.25) is 4.79 Å². The topological polar surface area (TPSA) is 66.5 Å². The number of unbranched alkanes of at least 4 members (excludes halogenated alkanes) is 1. The number of carbonyl (C=O) groups excluding carboxylic acids is 1. The van der Waals surface area contributed by atoms with Gasteiger partial charge < -0.3 is 5.32 Å². The number of carbonyl (C=O) groups is 1.